The van der Waals surface area contributed by atoms with Crippen LogP contribution in [0.15, 0.2) is 72.8 Å². The van der Waals surface area contributed by atoms with Crippen LogP contribution >= 0.6 is 0 Å². The lowest BCUT2D eigenvalue weighted by atomic mass is 9.79. The minimum Gasteiger partial charge on any atom is -0.376 e. The highest BCUT2D eigenvalue weighted by Crippen LogP contribution is 2.37. The first-order chi connectivity index (χ1) is 14.1. The van der Waals surface area contributed by atoms with Gasteiger partial charge >= 0.3 is 0 Å². The van der Waals surface area contributed by atoms with Crippen molar-refractivity contribution in [3.63, 3.8) is 0 Å². The van der Waals surface area contributed by atoms with E-state index in [4.69, 9.17) is 0 Å². The van der Waals surface area contributed by atoms with Crippen LogP contribution in [0.25, 0.3) is 0 Å². The highest BCUT2D eigenvalue weighted by molar-refractivity contribution is 5.48. The number of rotatable bonds is 9. The second kappa shape index (κ2) is 9.89. The van der Waals surface area contributed by atoms with Crippen LogP contribution in [0.1, 0.15) is 73.4 Å². The average molecular weight is 387 g/mol. The van der Waals surface area contributed by atoms with E-state index in [0.717, 1.165) is 55.2 Å². The minimum atomic E-state index is -1.15. The second-order valence-corrected chi connectivity index (χ2v) is 8.05. The molecule has 0 amide bonds. The standard InChI is InChI=1S/C28H34O/c1-4-7-22-10-16-25(17-11-22)28(29,26-18-12-23(8-5-2)13-19-26)27-20-14-24(9-6-3)15-21-27/h10-21,29H,4-9H2,1-3H3. The lowest BCUT2D eigenvalue weighted by molar-refractivity contribution is 0.125. The maximum absolute atomic E-state index is 12.1. The van der Waals surface area contributed by atoms with Crippen LogP contribution in [0.3, 0.4) is 0 Å². The largest absolute Gasteiger partial charge is 0.376 e. The van der Waals surface area contributed by atoms with E-state index in [1.807, 2.05) is 0 Å². The van der Waals surface area contributed by atoms with Gasteiger partial charge in [0.05, 0.1) is 0 Å². The van der Waals surface area contributed by atoms with Gasteiger partial charge in [0.25, 0.3) is 0 Å². The van der Waals surface area contributed by atoms with E-state index in [1.165, 1.54) is 16.7 Å². The van der Waals surface area contributed by atoms with Crippen LogP contribution in [0.5, 0.6) is 0 Å². The number of aryl methyl sites for hydroxylation is 3. The molecule has 0 saturated carbocycles. The van der Waals surface area contributed by atoms with Gasteiger partial charge in [-0.1, -0.05) is 113 Å². The van der Waals surface area contributed by atoms with Gasteiger partial charge in [0.2, 0.25) is 0 Å². The van der Waals surface area contributed by atoms with Gasteiger partial charge in [0, 0.05) is 0 Å². The van der Waals surface area contributed by atoms with Gasteiger partial charge in [-0.05, 0) is 52.6 Å². The van der Waals surface area contributed by atoms with Gasteiger partial charge in [-0.25, -0.2) is 0 Å². The van der Waals surface area contributed by atoms with E-state index in [0.29, 0.717) is 0 Å². The van der Waals surface area contributed by atoms with Gasteiger partial charge in [-0.2, -0.15) is 0 Å². The molecule has 0 aliphatic carbocycles. The van der Waals surface area contributed by atoms with Crippen LogP contribution in [-0.2, 0) is 24.9 Å². The van der Waals surface area contributed by atoms with Crippen LogP contribution < -0.4 is 0 Å². The topological polar surface area (TPSA) is 20.2 Å². The second-order valence-electron chi connectivity index (χ2n) is 8.05. The molecule has 0 unspecified atom stereocenters. The predicted molar refractivity (Wildman–Crippen MR) is 123 cm³/mol. The molecule has 0 aliphatic rings. The Morgan fingerprint density at radius 3 is 0.931 bits per heavy atom. The summed E-state index contributed by atoms with van der Waals surface area (Å²) < 4.78 is 0. The van der Waals surface area contributed by atoms with Crippen LogP contribution in [0, 0.1) is 0 Å². The van der Waals surface area contributed by atoms with E-state index in [1.54, 1.807) is 0 Å². The SMILES string of the molecule is CCCc1ccc(C(O)(c2ccc(CCC)cc2)c2ccc(CCC)cc2)cc1. The molecular formula is C28H34O. The van der Waals surface area contributed by atoms with Crippen LogP contribution in [0.4, 0.5) is 0 Å². The molecular weight excluding hydrogens is 352 g/mol. The molecule has 0 saturated heterocycles. The summed E-state index contributed by atoms with van der Waals surface area (Å²) in [6.45, 7) is 6.58. The summed E-state index contributed by atoms with van der Waals surface area (Å²) in [5, 5.41) is 12.1. The normalized spacial score (nSPS) is 11.6. The zero-order valence-electron chi connectivity index (χ0n) is 18.1. The maximum atomic E-state index is 12.1. The lowest BCUT2D eigenvalue weighted by Gasteiger charge is -2.31. The van der Waals surface area contributed by atoms with Crippen LogP contribution in [0.2, 0.25) is 0 Å². The molecule has 3 aromatic rings. The van der Waals surface area contributed by atoms with Crippen molar-refractivity contribution in [3.8, 4) is 0 Å². The smallest absolute Gasteiger partial charge is 0.140 e. The molecule has 152 valence electrons. The Kier molecular flexibility index (Phi) is 7.28. The third-order valence-electron chi connectivity index (χ3n) is 5.73. The zero-order valence-corrected chi connectivity index (χ0v) is 18.1. The van der Waals surface area contributed by atoms with Gasteiger partial charge in [-0.3, -0.25) is 0 Å². The van der Waals surface area contributed by atoms with Gasteiger partial charge in [-0.15, -0.1) is 0 Å². The summed E-state index contributed by atoms with van der Waals surface area (Å²) in [6, 6.07) is 25.5. The summed E-state index contributed by atoms with van der Waals surface area (Å²) in [7, 11) is 0. The average Bonchev–Trinajstić information content (AvgIpc) is 2.75. The number of hydrogen-bond acceptors (Lipinski definition) is 1. The highest BCUT2D eigenvalue weighted by atomic mass is 16.3. The van der Waals surface area contributed by atoms with Gasteiger partial charge in [0.15, 0.2) is 0 Å². The fourth-order valence-corrected chi connectivity index (χ4v) is 4.10. The molecule has 0 heterocycles. The molecule has 0 fully saturated rings. The molecule has 1 heteroatoms. The summed E-state index contributed by atoms with van der Waals surface area (Å²) in [5.74, 6) is 0. The predicted octanol–water partition coefficient (Wildman–Crippen LogP) is 6.83. The monoisotopic (exact) mass is 386 g/mol. The molecule has 1 N–H and O–H groups in total. The Morgan fingerprint density at radius 1 is 0.483 bits per heavy atom. The first kappa shape index (κ1) is 21.3. The minimum absolute atomic E-state index is 0.920. The first-order valence-corrected chi connectivity index (χ1v) is 11.1. The number of benzene rings is 3. The third-order valence-corrected chi connectivity index (χ3v) is 5.73. The lowest BCUT2D eigenvalue weighted by Crippen LogP contribution is -2.29. The Hall–Kier alpha value is -2.38. The summed E-state index contributed by atoms with van der Waals surface area (Å²) >= 11 is 0. The van der Waals surface area contributed by atoms with Crippen molar-refractivity contribution < 1.29 is 5.11 Å². The molecule has 0 bridgehead atoms. The van der Waals surface area contributed by atoms with E-state index < -0.39 is 5.60 Å². The van der Waals surface area contributed by atoms with Crippen LogP contribution in [-0.4, -0.2) is 5.11 Å². The Labute approximate surface area is 176 Å². The van der Waals surface area contributed by atoms with Crippen molar-refractivity contribution in [1.29, 1.82) is 0 Å². The molecule has 1 nitrogen and oxygen atoms in total. The fourth-order valence-electron chi connectivity index (χ4n) is 4.10. The van der Waals surface area contributed by atoms with Crippen molar-refractivity contribution in [2.45, 2.75) is 64.9 Å². The van der Waals surface area contributed by atoms with E-state index in [-0.39, 0.29) is 0 Å². The Morgan fingerprint density at radius 2 is 0.724 bits per heavy atom. The maximum Gasteiger partial charge on any atom is 0.140 e. The summed E-state index contributed by atoms with van der Waals surface area (Å²) in [4.78, 5) is 0. The molecule has 29 heavy (non-hydrogen) atoms. The zero-order chi connectivity index (χ0) is 20.7. The van der Waals surface area contributed by atoms with E-state index >= 15 is 0 Å². The Bertz CT molecular complexity index is 753. The quantitative estimate of drug-likeness (QED) is 0.400. The van der Waals surface area contributed by atoms with Gasteiger partial charge < -0.3 is 5.11 Å². The summed E-state index contributed by atoms with van der Waals surface area (Å²) in [6.07, 6.45) is 6.58. The number of aliphatic hydroxyl groups is 1. The fraction of sp³-hybridized carbons (Fsp3) is 0.357. The van der Waals surface area contributed by atoms with Crippen molar-refractivity contribution in [2.24, 2.45) is 0 Å². The molecule has 0 aromatic heterocycles. The van der Waals surface area contributed by atoms with E-state index in [9.17, 15) is 5.11 Å². The van der Waals surface area contributed by atoms with Gasteiger partial charge in [0.1, 0.15) is 5.60 Å². The van der Waals surface area contributed by atoms with E-state index in [2.05, 4.69) is 93.6 Å². The van der Waals surface area contributed by atoms with Crippen molar-refractivity contribution >= 4 is 0 Å². The molecule has 0 radical (unpaired) electrons. The highest BCUT2D eigenvalue weighted by Gasteiger charge is 2.33. The molecule has 3 rings (SSSR count). The van der Waals surface area contributed by atoms with Crippen molar-refractivity contribution in [3.05, 3.63) is 106 Å². The third kappa shape index (κ3) is 4.79. The number of hydrogen-bond donors (Lipinski definition) is 1. The molecule has 0 spiro atoms. The Balaban J connectivity index is 2.06. The molecule has 0 aliphatic heterocycles. The first-order valence-electron chi connectivity index (χ1n) is 11.1. The van der Waals surface area contributed by atoms with Crippen molar-refractivity contribution in [1.82, 2.24) is 0 Å². The molecule has 3 aromatic carbocycles. The summed E-state index contributed by atoms with van der Waals surface area (Å²) in [5.41, 5.74) is 5.55. The molecule has 0 atom stereocenters. The van der Waals surface area contributed by atoms with Crippen molar-refractivity contribution in [2.75, 3.05) is 0 Å².